The second-order valence-corrected chi connectivity index (χ2v) is 11.3. The maximum absolute atomic E-state index is 13.4. The van der Waals surface area contributed by atoms with E-state index in [4.69, 9.17) is 27.9 Å². The Labute approximate surface area is 222 Å². The zero-order chi connectivity index (χ0) is 25.6. The van der Waals surface area contributed by atoms with Crippen molar-refractivity contribution in [2.24, 2.45) is 41.4 Å². The minimum absolute atomic E-state index is 0.0219. The highest BCUT2D eigenvalue weighted by molar-refractivity contribution is 6.44. The van der Waals surface area contributed by atoms with Crippen LogP contribution >= 0.6 is 23.2 Å². The number of esters is 1. The Hall–Kier alpha value is -3.16. The number of carbonyl (C=O) groups excluding carboxylic acids is 4. The highest BCUT2D eigenvalue weighted by Gasteiger charge is 2.67. The number of amides is 3. The Morgan fingerprint density at radius 2 is 1.59 bits per heavy atom. The van der Waals surface area contributed by atoms with E-state index in [1.807, 2.05) is 0 Å². The SMILES string of the molecule is O=C(Oc1cccc(N2C(=O)[C@@H]3[C@H]4C=C[C@@H]([C@@H]5C[C@H]45)[C@H]3C2=O)c1)[C@H]1CC(=O)N(c2cccc(Cl)c2Cl)C1. The van der Waals surface area contributed by atoms with Crippen molar-refractivity contribution in [1.82, 2.24) is 0 Å². The van der Waals surface area contributed by atoms with Gasteiger partial charge in [0.25, 0.3) is 0 Å². The van der Waals surface area contributed by atoms with Crippen LogP contribution in [-0.4, -0.2) is 30.2 Å². The fraction of sp³-hybridized carbons (Fsp3) is 0.357. The molecule has 0 aromatic heterocycles. The summed E-state index contributed by atoms with van der Waals surface area (Å²) in [5, 5.41) is 0.571. The van der Waals surface area contributed by atoms with E-state index in [1.165, 1.54) is 9.80 Å². The fourth-order valence-corrected chi connectivity index (χ4v) is 7.29. The van der Waals surface area contributed by atoms with Crippen molar-refractivity contribution in [3.63, 3.8) is 0 Å². The molecule has 188 valence electrons. The second-order valence-electron chi connectivity index (χ2n) is 10.6. The van der Waals surface area contributed by atoms with Gasteiger partial charge in [-0.1, -0.05) is 47.5 Å². The number of rotatable bonds is 4. The average molecular weight is 537 g/mol. The molecule has 37 heavy (non-hydrogen) atoms. The number of anilines is 2. The predicted octanol–water partition coefficient (Wildman–Crippen LogP) is 4.51. The number of nitrogens with zero attached hydrogens (tertiary/aromatic N) is 2. The molecular formula is C28H22Cl2N2O5. The predicted molar refractivity (Wildman–Crippen MR) is 136 cm³/mol. The smallest absolute Gasteiger partial charge is 0.316 e. The monoisotopic (exact) mass is 536 g/mol. The first-order valence-electron chi connectivity index (χ1n) is 12.5. The van der Waals surface area contributed by atoms with Crippen molar-refractivity contribution in [2.75, 3.05) is 16.3 Å². The van der Waals surface area contributed by atoms with Gasteiger partial charge in [0, 0.05) is 19.0 Å². The number of hydrogen-bond acceptors (Lipinski definition) is 5. The summed E-state index contributed by atoms with van der Waals surface area (Å²) in [6.45, 7) is 0.113. The number of ether oxygens (including phenoxy) is 1. The van der Waals surface area contributed by atoms with Crippen molar-refractivity contribution in [2.45, 2.75) is 12.8 Å². The third-order valence-electron chi connectivity index (χ3n) is 8.64. The number of benzene rings is 2. The van der Waals surface area contributed by atoms with Gasteiger partial charge >= 0.3 is 5.97 Å². The van der Waals surface area contributed by atoms with E-state index in [2.05, 4.69) is 12.2 Å². The third-order valence-corrected chi connectivity index (χ3v) is 9.45. The van der Waals surface area contributed by atoms with Crippen molar-refractivity contribution >= 4 is 58.3 Å². The molecule has 2 aromatic rings. The van der Waals surface area contributed by atoms with E-state index in [0.717, 1.165) is 6.42 Å². The molecule has 9 heteroatoms. The lowest BCUT2D eigenvalue weighted by molar-refractivity contribution is -0.139. The topological polar surface area (TPSA) is 84.0 Å². The normalized spacial score (nSPS) is 33.1. The van der Waals surface area contributed by atoms with Crippen LogP contribution in [0.5, 0.6) is 5.75 Å². The maximum Gasteiger partial charge on any atom is 0.316 e. The quantitative estimate of drug-likeness (QED) is 0.248. The number of halogens is 2. The van der Waals surface area contributed by atoms with Gasteiger partial charge in [-0.2, -0.15) is 0 Å². The maximum atomic E-state index is 13.4. The summed E-state index contributed by atoms with van der Waals surface area (Å²) in [7, 11) is 0. The Morgan fingerprint density at radius 3 is 2.30 bits per heavy atom. The van der Waals surface area contributed by atoms with Gasteiger partial charge in [-0.05, 0) is 54.4 Å². The van der Waals surface area contributed by atoms with Crippen LogP contribution in [0.3, 0.4) is 0 Å². The van der Waals surface area contributed by atoms with Gasteiger partial charge in [0.05, 0.1) is 39.2 Å². The standard InChI is InChI=1S/C28H22Cl2N2O5/c29-20-5-2-6-21(25(20)30)31-12-13(9-22(31)33)28(36)37-15-4-1-3-14(10-15)32-26(34)23-16-7-8-17(19-11-18(16)19)24(23)27(32)35/h1-8,10,13,16-19,23-24H,9,11-12H2/t13-,16-,17-,18-,19+,23+,24+/m0/s1. The van der Waals surface area contributed by atoms with Crippen molar-refractivity contribution in [3.05, 3.63) is 64.7 Å². The molecule has 8 rings (SSSR count). The molecule has 0 N–H and O–H groups in total. The zero-order valence-electron chi connectivity index (χ0n) is 19.6. The molecule has 0 unspecified atom stereocenters. The molecule has 2 aliphatic heterocycles. The van der Waals surface area contributed by atoms with E-state index in [1.54, 1.807) is 42.5 Å². The summed E-state index contributed by atoms with van der Waals surface area (Å²) < 4.78 is 5.61. The Morgan fingerprint density at radius 1 is 0.919 bits per heavy atom. The minimum atomic E-state index is -0.697. The van der Waals surface area contributed by atoms with Crippen LogP contribution in [0, 0.1) is 41.4 Å². The Balaban J connectivity index is 1.08. The molecule has 7 atom stereocenters. The first kappa shape index (κ1) is 23.0. The summed E-state index contributed by atoms with van der Waals surface area (Å²) in [4.78, 5) is 55.1. The number of hydrogen-bond donors (Lipinski definition) is 0. The summed E-state index contributed by atoms with van der Waals surface area (Å²) in [6, 6.07) is 11.5. The first-order chi connectivity index (χ1) is 17.8. The van der Waals surface area contributed by atoms with E-state index in [0.29, 0.717) is 28.2 Å². The summed E-state index contributed by atoms with van der Waals surface area (Å²) in [6.07, 6.45) is 5.35. The molecule has 6 aliphatic rings. The highest BCUT2D eigenvalue weighted by atomic mass is 35.5. The van der Waals surface area contributed by atoms with Crippen LogP contribution in [0.2, 0.25) is 10.0 Å². The van der Waals surface area contributed by atoms with E-state index in [9.17, 15) is 19.2 Å². The molecule has 0 spiro atoms. The molecule has 7 nitrogen and oxygen atoms in total. The molecule has 2 heterocycles. The van der Waals surface area contributed by atoms with Crippen LogP contribution in [0.15, 0.2) is 54.6 Å². The molecule has 4 fully saturated rings. The lowest BCUT2D eigenvalue weighted by Gasteiger charge is -2.37. The molecule has 2 saturated heterocycles. The van der Waals surface area contributed by atoms with Gasteiger partial charge in [0.15, 0.2) is 0 Å². The van der Waals surface area contributed by atoms with Crippen molar-refractivity contribution < 1.29 is 23.9 Å². The van der Waals surface area contributed by atoms with Gasteiger partial charge in [0.2, 0.25) is 17.7 Å². The first-order valence-corrected chi connectivity index (χ1v) is 13.2. The molecular weight excluding hydrogens is 515 g/mol. The third kappa shape index (κ3) is 3.40. The largest absolute Gasteiger partial charge is 0.426 e. The van der Waals surface area contributed by atoms with Crippen molar-refractivity contribution in [1.29, 1.82) is 0 Å². The second kappa shape index (κ2) is 8.17. The van der Waals surface area contributed by atoms with Gasteiger partial charge < -0.3 is 9.64 Å². The highest BCUT2D eigenvalue weighted by Crippen LogP contribution is 2.65. The van der Waals surface area contributed by atoms with E-state index < -0.39 is 11.9 Å². The van der Waals surface area contributed by atoms with Gasteiger partial charge in [0.1, 0.15) is 5.75 Å². The summed E-state index contributed by atoms with van der Waals surface area (Å²) in [5.74, 6) is -0.915. The van der Waals surface area contributed by atoms with Gasteiger partial charge in [-0.3, -0.25) is 19.2 Å². The Kier molecular flexibility index (Phi) is 5.08. The lowest BCUT2D eigenvalue weighted by Crippen LogP contribution is -2.40. The fourth-order valence-electron chi connectivity index (χ4n) is 6.90. The van der Waals surface area contributed by atoms with Crippen LogP contribution in [0.25, 0.3) is 0 Å². The molecule has 2 aromatic carbocycles. The van der Waals surface area contributed by atoms with Gasteiger partial charge in [-0.25, -0.2) is 4.90 Å². The minimum Gasteiger partial charge on any atom is -0.426 e. The van der Waals surface area contributed by atoms with Crippen molar-refractivity contribution in [3.8, 4) is 5.75 Å². The average Bonchev–Trinajstić information content (AvgIpc) is 3.56. The molecule has 4 aliphatic carbocycles. The van der Waals surface area contributed by atoms with Crippen LogP contribution in [0.1, 0.15) is 12.8 Å². The van der Waals surface area contributed by atoms with Crippen LogP contribution < -0.4 is 14.5 Å². The molecule has 3 amide bonds. The molecule has 2 bridgehead atoms. The van der Waals surface area contributed by atoms with Crippen LogP contribution in [0.4, 0.5) is 11.4 Å². The lowest BCUT2D eigenvalue weighted by atomic mass is 9.63. The van der Waals surface area contributed by atoms with Gasteiger partial charge in [-0.15, -0.1) is 0 Å². The number of carbonyl (C=O) groups is 4. The number of allylic oxidation sites excluding steroid dienone is 2. The zero-order valence-corrected chi connectivity index (χ0v) is 21.1. The summed E-state index contributed by atoms with van der Waals surface area (Å²) >= 11 is 12.4. The molecule has 2 saturated carbocycles. The molecule has 0 radical (unpaired) electrons. The van der Waals surface area contributed by atoms with E-state index >= 15 is 0 Å². The Bertz CT molecular complexity index is 1390. The van der Waals surface area contributed by atoms with E-state index in [-0.39, 0.29) is 65.1 Å². The summed E-state index contributed by atoms with van der Waals surface area (Å²) in [5.41, 5.74) is 0.850. The van der Waals surface area contributed by atoms with Crippen LogP contribution in [-0.2, 0) is 19.2 Å². The number of imide groups is 1.